The molecule has 0 aromatic heterocycles. The van der Waals surface area contributed by atoms with E-state index in [2.05, 4.69) is 4.90 Å². The third-order valence-electron chi connectivity index (χ3n) is 3.19. The van der Waals surface area contributed by atoms with E-state index in [-0.39, 0.29) is 11.8 Å². The molecule has 1 amide bonds. The first kappa shape index (κ1) is 13.2. The van der Waals surface area contributed by atoms with Gasteiger partial charge in [-0.2, -0.15) is 0 Å². The molecular weight excluding hydrogens is 204 g/mol. The third kappa shape index (κ3) is 4.31. The Morgan fingerprint density at radius 1 is 1.38 bits per heavy atom. The molecule has 1 saturated heterocycles. The molecule has 1 aliphatic heterocycles. The molecular formula is C12H22N2O2. The summed E-state index contributed by atoms with van der Waals surface area (Å²) in [6, 6.07) is 0. The summed E-state index contributed by atoms with van der Waals surface area (Å²) >= 11 is 0. The number of amides is 1. The second-order valence-corrected chi connectivity index (χ2v) is 4.71. The van der Waals surface area contributed by atoms with E-state index >= 15 is 0 Å². The van der Waals surface area contributed by atoms with E-state index in [4.69, 9.17) is 0 Å². The minimum Gasteiger partial charge on any atom is -0.349 e. The summed E-state index contributed by atoms with van der Waals surface area (Å²) < 4.78 is 0. The summed E-state index contributed by atoms with van der Waals surface area (Å²) in [6.07, 6.45) is 4.58. The summed E-state index contributed by atoms with van der Waals surface area (Å²) in [5.41, 5.74) is 0. The maximum Gasteiger partial charge on any atom is 0.222 e. The van der Waals surface area contributed by atoms with Crippen LogP contribution in [0.4, 0.5) is 0 Å². The molecule has 0 aromatic carbocycles. The summed E-state index contributed by atoms with van der Waals surface area (Å²) in [4.78, 5) is 25.9. The van der Waals surface area contributed by atoms with E-state index in [1.54, 1.807) is 19.0 Å². The SMILES string of the molecule is CN(C)C(=O)CCCN1CCC(C=O)CC1. The number of carbonyl (C=O) groups is 2. The van der Waals surface area contributed by atoms with Crippen LogP contribution < -0.4 is 0 Å². The zero-order chi connectivity index (χ0) is 12.0. The Bertz CT molecular complexity index is 233. The molecule has 0 bridgehead atoms. The topological polar surface area (TPSA) is 40.6 Å². The number of hydrogen-bond acceptors (Lipinski definition) is 3. The third-order valence-corrected chi connectivity index (χ3v) is 3.19. The van der Waals surface area contributed by atoms with Crippen molar-refractivity contribution in [2.24, 2.45) is 5.92 Å². The minimum absolute atomic E-state index is 0.197. The van der Waals surface area contributed by atoms with Gasteiger partial charge in [-0.15, -0.1) is 0 Å². The van der Waals surface area contributed by atoms with Crippen LogP contribution in [0.25, 0.3) is 0 Å². The summed E-state index contributed by atoms with van der Waals surface area (Å²) in [7, 11) is 3.58. The molecule has 0 atom stereocenters. The number of carbonyl (C=O) groups excluding carboxylic acids is 2. The zero-order valence-electron chi connectivity index (χ0n) is 10.3. The van der Waals surface area contributed by atoms with Gasteiger partial charge in [0.25, 0.3) is 0 Å². The highest BCUT2D eigenvalue weighted by Crippen LogP contribution is 2.15. The molecule has 1 aliphatic rings. The number of rotatable bonds is 5. The molecule has 0 unspecified atom stereocenters. The minimum atomic E-state index is 0.197. The molecule has 1 rings (SSSR count). The van der Waals surface area contributed by atoms with Crippen molar-refractivity contribution in [3.8, 4) is 0 Å². The Hall–Kier alpha value is -0.900. The van der Waals surface area contributed by atoms with Gasteiger partial charge in [0.05, 0.1) is 0 Å². The molecule has 0 aromatic rings. The Morgan fingerprint density at radius 2 is 2.00 bits per heavy atom. The van der Waals surface area contributed by atoms with Gasteiger partial charge in [0, 0.05) is 26.4 Å². The molecule has 1 heterocycles. The normalized spacial score (nSPS) is 18.4. The standard InChI is InChI=1S/C12H22N2O2/c1-13(2)12(16)4-3-7-14-8-5-11(10-15)6-9-14/h10-11H,3-9H2,1-2H3. The van der Waals surface area contributed by atoms with Crippen molar-refractivity contribution in [1.82, 2.24) is 9.80 Å². The highest BCUT2D eigenvalue weighted by molar-refractivity contribution is 5.75. The van der Waals surface area contributed by atoms with Gasteiger partial charge in [-0.1, -0.05) is 0 Å². The van der Waals surface area contributed by atoms with Crippen molar-refractivity contribution in [2.45, 2.75) is 25.7 Å². The van der Waals surface area contributed by atoms with Gasteiger partial charge in [-0.3, -0.25) is 4.79 Å². The van der Waals surface area contributed by atoms with Crippen molar-refractivity contribution in [3.05, 3.63) is 0 Å². The van der Waals surface area contributed by atoms with Crippen molar-refractivity contribution >= 4 is 12.2 Å². The summed E-state index contributed by atoms with van der Waals surface area (Å²) in [5.74, 6) is 0.461. The fraction of sp³-hybridized carbons (Fsp3) is 0.833. The molecule has 1 fully saturated rings. The average Bonchev–Trinajstić information content (AvgIpc) is 2.29. The van der Waals surface area contributed by atoms with Gasteiger partial charge in [0.2, 0.25) is 5.91 Å². The van der Waals surface area contributed by atoms with E-state index in [1.165, 1.54) is 0 Å². The average molecular weight is 226 g/mol. The highest BCUT2D eigenvalue weighted by atomic mass is 16.2. The molecule has 0 aliphatic carbocycles. The summed E-state index contributed by atoms with van der Waals surface area (Å²) in [5, 5.41) is 0. The molecule has 4 nitrogen and oxygen atoms in total. The molecule has 16 heavy (non-hydrogen) atoms. The lowest BCUT2D eigenvalue weighted by atomic mass is 9.98. The summed E-state index contributed by atoms with van der Waals surface area (Å²) in [6.45, 7) is 2.98. The van der Waals surface area contributed by atoms with Crippen LogP contribution in [-0.2, 0) is 9.59 Å². The maximum atomic E-state index is 11.3. The molecule has 0 saturated carbocycles. The largest absolute Gasteiger partial charge is 0.349 e. The Morgan fingerprint density at radius 3 is 2.50 bits per heavy atom. The lowest BCUT2D eigenvalue weighted by Gasteiger charge is -2.29. The van der Waals surface area contributed by atoms with E-state index in [0.717, 1.165) is 45.2 Å². The predicted molar refractivity (Wildman–Crippen MR) is 63.2 cm³/mol. The first-order valence-corrected chi connectivity index (χ1v) is 6.01. The van der Waals surface area contributed by atoms with Crippen molar-refractivity contribution < 1.29 is 9.59 Å². The molecule has 0 spiro atoms. The lowest BCUT2D eigenvalue weighted by molar-refractivity contribution is -0.128. The van der Waals surface area contributed by atoms with Crippen LogP contribution in [0.3, 0.4) is 0 Å². The van der Waals surface area contributed by atoms with Crippen molar-refractivity contribution in [2.75, 3.05) is 33.7 Å². The van der Waals surface area contributed by atoms with Gasteiger partial charge in [0.15, 0.2) is 0 Å². The van der Waals surface area contributed by atoms with Crippen LogP contribution in [0.1, 0.15) is 25.7 Å². The monoisotopic (exact) mass is 226 g/mol. The van der Waals surface area contributed by atoms with E-state index in [9.17, 15) is 9.59 Å². The Labute approximate surface area is 97.6 Å². The molecule has 0 radical (unpaired) electrons. The molecule has 92 valence electrons. The lowest BCUT2D eigenvalue weighted by Crippen LogP contribution is -2.35. The van der Waals surface area contributed by atoms with Crippen molar-refractivity contribution in [1.29, 1.82) is 0 Å². The van der Waals surface area contributed by atoms with Crippen LogP contribution in [0.5, 0.6) is 0 Å². The second-order valence-electron chi connectivity index (χ2n) is 4.71. The smallest absolute Gasteiger partial charge is 0.222 e. The van der Waals surface area contributed by atoms with Crippen LogP contribution in [0.15, 0.2) is 0 Å². The molecule has 4 heteroatoms. The fourth-order valence-corrected chi connectivity index (χ4v) is 1.99. The number of likely N-dealkylation sites (tertiary alicyclic amines) is 1. The first-order valence-electron chi connectivity index (χ1n) is 6.01. The maximum absolute atomic E-state index is 11.3. The van der Waals surface area contributed by atoms with Gasteiger partial charge in [0.1, 0.15) is 6.29 Å². The van der Waals surface area contributed by atoms with E-state index in [1.807, 2.05) is 0 Å². The predicted octanol–water partition coefficient (Wildman–Crippen LogP) is 0.766. The number of nitrogens with zero attached hydrogens (tertiary/aromatic N) is 2. The molecule has 0 N–H and O–H groups in total. The quantitative estimate of drug-likeness (QED) is 0.650. The van der Waals surface area contributed by atoms with Crippen LogP contribution in [0, 0.1) is 5.92 Å². The highest BCUT2D eigenvalue weighted by Gasteiger charge is 2.18. The van der Waals surface area contributed by atoms with Crippen LogP contribution >= 0.6 is 0 Å². The Balaban J connectivity index is 2.11. The zero-order valence-corrected chi connectivity index (χ0v) is 10.3. The van der Waals surface area contributed by atoms with Crippen LogP contribution in [-0.4, -0.2) is 55.7 Å². The second kappa shape index (κ2) is 6.63. The van der Waals surface area contributed by atoms with E-state index < -0.39 is 0 Å². The first-order chi connectivity index (χ1) is 7.63. The van der Waals surface area contributed by atoms with Gasteiger partial charge in [-0.25, -0.2) is 0 Å². The Kier molecular flexibility index (Phi) is 5.46. The van der Waals surface area contributed by atoms with E-state index in [0.29, 0.717) is 6.42 Å². The number of hydrogen-bond donors (Lipinski definition) is 0. The number of piperidine rings is 1. The van der Waals surface area contributed by atoms with Crippen LogP contribution in [0.2, 0.25) is 0 Å². The van der Waals surface area contributed by atoms with Gasteiger partial charge >= 0.3 is 0 Å². The number of aldehydes is 1. The fourth-order valence-electron chi connectivity index (χ4n) is 1.99. The van der Waals surface area contributed by atoms with Gasteiger partial charge < -0.3 is 14.6 Å². The van der Waals surface area contributed by atoms with Gasteiger partial charge in [-0.05, 0) is 38.9 Å². The van der Waals surface area contributed by atoms with Crippen molar-refractivity contribution in [3.63, 3.8) is 0 Å².